The topological polar surface area (TPSA) is 56.3 Å². The van der Waals surface area contributed by atoms with Crippen LogP contribution in [0.3, 0.4) is 0 Å². The Labute approximate surface area is 221 Å². The lowest BCUT2D eigenvalue weighted by molar-refractivity contribution is 0.181. The van der Waals surface area contributed by atoms with Gasteiger partial charge >= 0.3 is 5.69 Å². The SMILES string of the molecule is O=c1[nH]c2cc(Nc3ccccc3)c(N3CCC(CN4CCCCC4)CC3)cc2n1CC1CCCCC1. The fourth-order valence-corrected chi connectivity index (χ4v) is 6.90. The van der Waals surface area contributed by atoms with Gasteiger partial charge < -0.3 is 20.1 Å². The number of aromatic amines is 1. The number of rotatable bonds is 7. The average molecular weight is 502 g/mol. The first-order valence-corrected chi connectivity index (χ1v) is 14.8. The Morgan fingerprint density at radius 3 is 2.24 bits per heavy atom. The number of hydrogen-bond donors (Lipinski definition) is 2. The largest absolute Gasteiger partial charge is 0.370 e. The van der Waals surface area contributed by atoms with Crippen LogP contribution in [0.1, 0.15) is 64.2 Å². The summed E-state index contributed by atoms with van der Waals surface area (Å²) in [6, 6.07) is 14.8. The number of piperidine rings is 2. The zero-order valence-electron chi connectivity index (χ0n) is 22.3. The van der Waals surface area contributed by atoms with Crippen LogP contribution in [-0.2, 0) is 6.54 Å². The summed E-state index contributed by atoms with van der Waals surface area (Å²) in [5, 5.41) is 3.67. The highest BCUT2D eigenvalue weighted by Crippen LogP contribution is 2.36. The van der Waals surface area contributed by atoms with Gasteiger partial charge in [-0.1, -0.05) is 43.9 Å². The van der Waals surface area contributed by atoms with Crippen molar-refractivity contribution in [1.29, 1.82) is 0 Å². The van der Waals surface area contributed by atoms with E-state index in [1.807, 2.05) is 10.6 Å². The molecule has 0 unspecified atom stereocenters. The number of aromatic nitrogens is 2. The molecule has 0 amide bonds. The molecule has 0 radical (unpaired) electrons. The molecule has 1 aromatic heterocycles. The minimum absolute atomic E-state index is 0.0311. The van der Waals surface area contributed by atoms with Crippen molar-refractivity contribution in [2.75, 3.05) is 42.9 Å². The summed E-state index contributed by atoms with van der Waals surface area (Å²) in [7, 11) is 0. The van der Waals surface area contributed by atoms with Crippen molar-refractivity contribution >= 4 is 28.1 Å². The van der Waals surface area contributed by atoms with Crippen molar-refractivity contribution in [2.24, 2.45) is 11.8 Å². The number of H-pyrrole nitrogens is 1. The molecule has 6 heteroatoms. The first kappa shape index (κ1) is 24.6. The third kappa shape index (κ3) is 5.74. The van der Waals surface area contributed by atoms with Gasteiger partial charge in [0.1, 0.15) is 0 Å². The highest BCUT2D eigenvalue weighted by molar-refractivity contribution is 5.90. The van der Waals surface area contributed by atoms with Crippen LogP contribution in [-0.4, -0.2) is 47.2 Å². The molecule has 1 saturated carbocycles. The van der Waals surface area contributed by atoms with Gasteiger partial charge in [-0.2, -0.15) is 0 Å². The number of para-hydroxylation sites is 1. The Morgan fingerprint density at radius 2 is 1.49 bits per heavy atom. The van der Waals surface area contributed by atoms with E-state index < -0.39 is 0 Å². The Kier molecular flexibility index (Phi) is 7.54. The molecule has 37 heavy (non-hydrogen) atoms. The maximum absolute atomic E-state index is 13.1. The second-order valence-electron chi connectivity index (χ2n) is 11.7. The molecule has 198 valence electrons. The van der Waals surface area contributed by atoms with Crippen molar-refractivity contribution in [3.05, 3.63) is 52.9 Å². The average Bonchev–Trinajstić information content (AvgIpc) is 3.24. The summed E-state index contributed by atoms with van der Waals surface area (Å²) in [4.78, 5) is 21.5. The number of fused-ring (bicyclic) bond motifs is 1. The summed E-state index contributed by atoms with van der Waals surface area (Å²) < 4.78 is 2.02. The van der Waals surface area contributed by atoms with Crippen molar-refractivity contribution in [2.45, 2.75) is 70.8 Å². The fraction of sp³-hybridized carbons (Fsp3) is 0.581. The molecule has 1 aliphatic carbocycles. The minimum atomic E-state index is 0.0311. The van der Waals surface area contributed by atoms with E-state index in [2.05, 4.69) is 56.5 Å². The van der Waals surface area contributed by atoms with Crippen LogP contribution in [0.2, 0.25) is 0 Å². The standard InChI is InChI=1S/C31H43N5O/c37-31-33-28-20-27(32-26-12-6-2-7-13-26)29(21-30(28)36(31)23-24-10-4-1-5-11-24)35-18-14-25(15-19-35)22-34-16-8-3-9-17-34/h2,6-7,12-13,20-21,24-25,32H,1,3-5,8-11,14-19,22-23H2,(H,33,37). The third-order valence-electron chi connectivity index (χ3n) is 9.03. The summed E-state index contributed by atoms with van der Waals surface area (Å²) in [5.74, 6) is 1.40. The normalized spacial score (nSPS) is 20.5. The maximum atomic E-state index is 13.1. The summed E-state index contributed by atoms with van der Waals surface area (Å²) in [5.41, 5.74) is 5.40. The predicted octanol–water partition coefficient (Wildman–Crippen LogP) is 6.36. The van der Waals surface area contributed by atoms with Gasteiger partial charge in [-0.3, -0.25) is 4.57 Å². The van der Waals surface area contributed by atoms with Gasteiger partial charge in [0.15, 0.2) is 0 Å². The molecule has 3 fully saturated rings. The number of anilines is 3. The van der Waals surface area contributed by atoms with Gasteiger partial charge in [0.25, 0.3) is 0 Å². The lowest BCUT2D eigenvalue weighted by Crippen LogP contribution is -2.40. The van der Waals surface area contributed by atoms with Crippen LogP contribution in [0.4, 0.5) is 17.1 Å². The highest BCUT2D eigenvalue weighted by atomic mass is 16.1. The molecule has 3 aliphatic rings. The molecule has 0 bridgehead atoms. The molecule has 3 heterocycles. The summed E-state index contributed by atoms with van der Waals surface area (Å²) in [6.07, 6.45) is 13.0. The molecule has 0 spiro atoms. The fourth-order valence-electron chi connectivity index (χ4n) is 6.90. The Hall–Kier alpha value is -2.73. The molecule has 2 N–H and O–H groups in total. The molecule has 6 nitrogen and oxygen atoms in total. The Morgan fingerprint density at radius 1 is 0.784 bits per heavy atom. The van der Waals surface area contributed by atoms with Crippen LogP contribution in [0.5, 0.6) is 0 Å². The molecular weight excluding hydrogens is 458 g/mol. The van der Waals surface area contributed by atoms with Gasteiger partial charge in [0.2, 0.25) is 0 Å². The van der Waals surface area contributed by atoms with Crippen molar-refractivity contribution in [1.82, 2.24) is 14.5 Å². The third-order valence-corrected chi connectivity index (χ3v) is 9.03. The van der Waals surface area contributed by atoms with Crippen molar-refractivity contribution < 1.29 is 0 Å². The van der Waals surface area contributed by atoms with Gasteiger partial charge in [0.05, 0.1) is 22.4 Å². The predicted molar refractivity (Wildman–Crippen MR) is 154 cm³/mol. The smallest absolute Gasteiger partial charge is 0.326 e. The molecule has 0 atom stereocenters. The second kappa shape index (κ2) is 11.3. The van der Waals surface area contributed by atoms with Crippen LogP contribution < -0.4 is 15.9 Å². The maximum Gasteiger partial charge on any atom is 0.326 e. The Balaban J connectivity index is 1.27. The number of nitrogens with one attached hydrogen (secondary N) is 2. The lowest BCUT2D eigenvalue weighted by Gasteiger charge is -2.37. The molecule has 3 aromatic rings. The van der Waals surface area contributed by atoms with E-state index >= 15 is 0 Å². The minimum Gasteiger partial charge on any atom is -0.370 e. The van der Waals surface area contributed by atoms with Crippen molar-refractivity contribution in [3.8, 4) is 0 Å². The van der Waals surface area contributed by atoms with E-state index in [1.165, 1.54) is 89.5 Å². The van der Waals surface area contributed by atoms with Crippen LogP contribution in [0.15, 0.2) is 47.3 Å². The number of benzene rings is 2. The lowest BCUT2D eigenvalue weighted by atomic mass is 9.89. The zero-order chi connectivity index (χ0) is 25.0. The van der Waals surface area contributed by atoms with E-state index in [9.17, 15) is 4.79 Å². The molecule has 2 aliphatic heterocycles. The first-order chi connectivity index (χ1) is 18.2. The van der Waals surface area contributed by atoms with E-state index in [0.717, 1.165) is 48.0 Å². The molecular formula is C31H43N5O. The Bertz CT molecular complexity index is 1210. The van der Waals surface area contributed by atoms with Crippen LogP contribution in [0.25, 0.3) is 11.0 Å². The number of likely N-dealkylation sites (tertiary alicyclic amines) is 1. The number of nitrogens with zero attached hydrogens (tertiary/aromatic N) is 3. The quantitative estimate of drug-likeness (QED) is 0.396. The summed E-state index contributed by atoms with van der Waals surface area (Å²) in [6.45, 7) is 6.82. The van der Waals surface area contributed by atoms with E-state index in [-0.39, 0.29) is 5.69 Å². The monoisotopic (exact) mass is 501 g/mol. The highest BCUT2D eigenvalue weighted by Gasteiger charge is 2.25. The van der Waals surface area contributed by atoms with Crippen molar-refractivity contribution in [3.63, 3.8) is 0 Å². The van der Waals surface area contributed by atoms with Gasteiger partial charge in [-0.05, 0) is 87.7 Å². The van der Waals surface area contributed by atoms with Gasteiger partial charge in [-0.25, -0.2) is 4.79 Å². The molecule has 2 saturated heterocycles. The number of imidazole rings is 1. The van der Waals surface area contributed by atoms with Gasteiger partial charge in [-0.15, -0.1) is 0 Å². The first-order valence-electron chi connectivity index (χ1n) is 14.8. The number of hydrogen-bond acceptors (Lipinski definition) is 4. The molecule has 6 rings (SSSR count). The molecule has 2 aromatic carbocycles. The van der Waals surface area contributed by atoms with E-state index in [1.54, 1.807) is 0 Å². The van der Waals surface area contributed by atoms with Crippen LogP contribution in [0, 0.1) is 11.8 Å². The zero-order valence-corrected chi connectivity index (χ0v) is 22.3. The second-order valence-corrected chi connectivity index (χ2v) is 11.7. The van der Waals surface area contributed by atoms with Crippen LogP contribution >= 0.6 is 0 Å². The van der Waals surface area contributed by atoms with E-state index in [0.29, 0.717) is 5.92 Å². The summed E-state index contributed by atoms with van der Waals surface area (Å²) >= 11 is 0. The van der Waals surface area contributed by atoms with Gasteiger partial charge in [0, 0.05) is 31.9 Å². The van der Waals surface area contributed by atoms with E-state index in [4.69, 9.17) is 0 Å².